The van der Waals surface area contributed by atoms with Gasteiger partial charge in [0.25, 0.3) is 0 Å². The molecule has 1 unspecified atom stereocenters. The minimum atomic E-state index is -4.40. The molecular weight excluding hydrogens is 762 g/mol. The lowest BCUT2D eigenvalue weighted by Crippen LogP contribution is -2.29. The number of hydrogen-bond donors (Lipinski definition) is 2. The van der Waals surface area contributed by atoms with Gasteiger partial charge in [0.1, 0.15) is 6.61 Å². The second-order valence-corrected chi connectivity index (χ2v) is 17.4. The van der Waals surface area contributed by atoms with Crippen molar-refractivity contribution in [2.24, 2.45) is 5.73 Å². The molecule has 0 aromatic rings. The highest BCUT2D eigenvalue weighted by molar-refractivity contribution is 7.47. The number of allylic oxidation sites excluding steroid dienone is 8. The number of esters is 2. The van der Waals surface area contributed by atoms with Gasteiger partial charge in [-0.1, -0.05) is 184 Å². The fourth-order valence-corrected chi connectivity index (χ4v) is 7.35. The first-order chi connectivity index (χ1) is 28.8. The molecule has 0 radical (unpaired) electrons. The fraction of sp³-hybridized carbons (Fsp3) is 0.796. The van der Waals surface area contributed by atoms with E-state index >= 15 is 0 Å². The molecule has 0 aromatic heterocycles. The smallest absolute Gasteiger partial charge is 0.462 e. The van der Waals surface area contributed by atoms with Crippen molar-refractivity contribution in [2.75, 3.05) is 26.4 Å². The molecule has 0 amide bonds. The predicted molar refractivity (Wildman–Crippen MR) is 247 cm³/mol. The molecule has 0 rings (SSSR count). The zero-order chi connectivity index (χ0) is 43.2. The van der Waals surface area contributed by atoms with Gasteiger partial charge in [-0.15, -0.1) is 0 Å². The number of carbonyl (C=O) groups is 2. The lowest BCUT2D eigenvalue weighted by atomic mass is 10.0. The van der Waals surface area contributed by atoms with Crippen LogP contribution in [0.2, 0.25) is 0 Å². The van der Waals surface area contributed by atoms with Crippen molar-refractivity contribution in [3.8, 4) is 0 Å². The average Bonchev–Trinajstić information content (AvgIpc) is 3.22. The molecule has 0 saturated carbocycles. The van der Waals surface area contributed by atoms with Gasteiger partial charge in [0.2, 0.25) is 0 Å². The summed E-state index contributed by atoms with van der Waals surface area (Å²) < 4.78 is 32.8. The van der Waals surface area contributed by atoms with Crippen LogP contribution in [-0.4, -0.2) is 49.3 Å². The summed E-state index contributed by atoms with van der Waals surface area (Å²) in [4.78, 5) is 34.9. The maximum absolute atomic E-state index is 12.6. The Morgan fingerprint density at radius 1 is 0.508 bits per heavy atom. The number of carbonyl (C=O) groups excluding carboxylic acids is 2. The highest BCUT2D eigenvalue weighted by Gasteiger charge is 2.26. The minimum absolute atomic E-state index is 0.0436. The van der Waals surface area contributed by atoms with Crippen LogP contribution < -0.4 is 5.73 Å². The highest BCUT2D eigenvalue weighted by Crippen LogP contribution is 2.43. The van der Waals surface area contributed by atoms with E-state index in [2.05, 4.69) is 62.5 Å². The van der Waals surface area contributed by atoms with Crippen LogP contribution in [0.5, 0.6) is 0 Å². The van der Waals surface area contributed by atoms with E-state index in [0.29, 0.717) is 12.8 Å². The van der Waals surface area contributed by atoms with Gasteiger partial charge in [-0.05, 0) is 70.6 Å². The van der Waals surface area contributed by atoms with E-state index in [0.717, 1.165) is 44.9 Å². The summed E-state index contributed by atoms with van der Waals surface area (Å²) in [6.07, 6.45) is 53.1. The topological polar surface area (TPSA) is 134 Å². The quantitative estimate of drug-likeness (QED) is 0.0266. The van der Waals surface area contributed by atoms with Gasteiger partial charge in [-0.2, -0.15) is 0 Å². The second-order valence-electron chi connectivity index (χ2n) is 16.0. The van der Waals surface area contributed by atoms with Crippen LogP contribution in [0.15, 0.2) is 48.6 Å². The number of phosphoric ester groups is 1. The first kappa shape index (κ1) is 57.0. The van der Waals surface area contributed by atoms with Crippen LogP contribution in [0.4, 0.5) is 0 Å². The van der Waals surface area contributed by atoms with Gasteiger partial charge in [0.05, 0.1) is 13.2 Å². The first-order valence-electron chi connectivity index (χ1n) is 24.1. The normalized spacial score (nSPS) is 13.6. The molecular formula is C49H90NO8P. The van der Waals surface area contributed by atoms with Gasteiger partial charge in [0.15, 0.2) is 6.10 Å². The van der Waals surface area contributed by atoms with E-state index in [1.54, 1.807) is 0 Å². The SMILES string of the molecule is CCCCC/C=C/C/C=C/C/C=C/CCCCC(=O)OC[C@H](COP(=O)(O)OCCN)OC(=O)CCC/C=C/CCCCCCCCCCCCCCCCCCCC. The summed E-state index contributed by atoms with van der Waals surface area (Å²) in [6.45, 7) is 3.65. The van der Waals surface area contributed by atoms with E-state index in [-0.39, 0.29) is 32.6 Å². The standard InChI is InChI=1S/C49H90NO8P/c1-3-5-7-9-11-13-15-17-19-20-21-22-23-24-25-26-28-30-32-34-36-38-40-42-49(52)58-47(46-57-59(53,54)56-44-43-50)45-55-48(51)41-39-37-35-33-31-29-27-18-16-14-12-10-8-6-4-2/h12,14,18,27,31,33-34,36,47H,3-11,13,15-17,19-26,28-30,32,35,37-46,50H2,1-2H3,(H,53,54)/b14-12+,27-18+,33-31+,36-34+/t47-/m1/s1. The number of phosphoric acid groups is 1. The third kappa shape index (κ3) is 45.3. The number of ether oxygens (including phenoxy) is 2. The second kappa shape index (κ2) is 45.5. The molecule has 2 atom stereocenters. The first-order valence-corrected chi connectivity index (χ1v) is 25.6. The maximum Gasteiger partial charge on any atom is 0.472 e. The lowest BCUT2D eigenvalue weighted by molar-refractivity contribution is -0.161. The zero-order valence-electron chi connectivity index (χ0n) is 38.0. The van der Waals surface area contributed by atoms with Crippen LogP contribution in [-0.2, 0) is 32.7 Å². The largest absolute Gasteiger partial charge is 0.472 e. The molecule has 0 spiro atoms. The molecule has 0 saturated heterocycles. The monoisotopic (exact) mass is 852 g/mol. The predicted octanol–water partition coefficient (Wildman–Crippen LogP) is 14.3. The zero-order valence-corrected chi connectivity index (χ0v) is 38.9. The maximum atomic E-state index is 12.6. The molecule has 9 nitrogen and oxygen atoms in total. The van der Waals surface area contributed by atoms with Gasteiger partial charge in [-0.25, -0.2) is 4.57 Å². The van der Waals surface area contributed by atoms with E-state index in [1.165, 1.54) is 135 Å². The molecule has 344 valence electrons. The van der Waals surface area contributed by atoms with E-state index in [4.69, 9.17) is 24.3 Å². The molecule has 0 bridgehead atoms. The molecule has 59 heavy (non-hydrogen) atoms. The Labute approximate surface area is 362 Å². The van der Waals surface area contributed by atoms with Crippen LogP contribution in [0.1, 0.15) is 219 Å². The Balaban J connectivity index is 4.12. The van der Waals surface area contributed by atoms with Gasteiger partial charge >= 0.3 is 19.8 Å². The molecule has 0 aliphatic rings. The van der Waals surface area contributed by atoms with Crippen molar-refractivity contribution in [3.63, 3.8) is 0 Å². The lowest BCUT2D eigenvalue weighted by Gasteiger charge is -2.19. The molecule has 0 aliphatic carbocycles. The molecule has 0 heterocycles. The Hall–Kier alpha value is -2.03. The van der Waals surface area contributed by atoms with Crippen LogP contribution in [0.25, 0.3) is 0 Å². The van der Waals surface area contributed by atoms with Crippen LogP contribution in [0, 0.1) is 0 Å². The molecule has 0 fully saturated rings. The van der Waals surface area contributed by atoms with Crippen molar-refractivity contribution in [1.82, 2.24) is 0 Å². The summed E-state index contributed by atoms with van der Waals surface area (Å²) in [7, 11) is -4.40. The summed E-state index contributed by atoms with van der Waals surface area (Å²) in [5, 5.41) is 0. The Morgan fingerprint density at radius 2 is 0.898 bits per heavy atom. The minimum Gasteiger partial charge on any atom is -0.462 e. The van der Waals surface area contributed by atoms with E-state index < -0.39 is 32.5 Å². The average molecular weight is 852 g/mol. The van der Waals surface area contributed by atoms with Crippen LogP contribution in [0.3, 0.4) is 0 Å². The van der Waals surface area contributed by atoms with Crippen molar-refractivity contribution < 1.29 is 37.6 Å². The number of nitrogens with two attached hydrogens (primary N) is 1. The van der Waals surface area contributed by atoms with Crippen molar-refractivity contribution in [2.45, 2.75) is 225 Å². The Bertz CT molecular complexity index is 1110. The van der Waals surface area contributed by atoms with Gasteiger partial charge < -0.3 is 20.1 Å². The summed E-state index contributed by atoms with van der Waals surface area (Å²) in [5.41, 5.74) is 5.35. The Kier molecular flexibility index (Phi) is 43.9. The summed E-state index contributed by atoms with van der Waals surface area (Å²) >= 11 is 0. The van der Waals surface area contributed by atoms with E-state index in [9.17, 15) is 19.0 Å². The number of unbranched alkanes of at least 4 members (excludes halogenated alkanes) is 24. The third-order valence-corrected chi connectivity index (χ3v) is 11.2. The van der Waals surface area contributed by atoms with Crippen LogP contribution >= 0.6 is 7.82 Å². The molecule has 3 N–H and O–H groups in total. The van der Waals surface area contributed by atoms with Gasteiger partial charge in [-0.3, -0.25) is 18.6 Å². The van der Waals surface area contributed by atoms with E-state index in [1.807, 2.05) is 0 Å². The molecule has 0 aliphatic heterocycles. The van der Waals surface area contributed by atoms with Crippen molar-refractivity contribution in [1.29, 1.82) is 0 Å². The van der Waals surface area contributed by atoms with Gasteiger partial charge in [0, 0.05) is 19.4 Å². The highest BCUT2D eigenvalue weighted by atomic mass is 31.2. The number of rotatable bonds is 45. The summed E-state index contributed by atoms with van der Waals surface area (Å²) in [5.74, 6) is -0.907. The fourth-order valence-electron chi connectivity index (χ4n) is 6.59. The molecule has 10 heteroatoms. The third-order valence-electron chi connectivity index (χ3n) is 10.2. The summed E-state index contributed by atoms with van der Waals surface area (Å²) in [6, 6.07) is 0. The van der Waals surface area contributed by atoms with Crippen molar-refractivity contribution >= 4 is 19.8 Å². The van der Waals surface area contributed by atoms with Crippen molar-refractivity contribution in [3.05, 3.63) is 48.6 Å². The Morgan fingerprint density at radius 3 is 1.41 bits per heavy atom. The molecule has 0 aromatic carbocycles. The number of hydrogen-bond acceptors (Lipinski definition) is 8.